The number of aliphatic hydroxyl groups is 1. The molecule has 1 aromatic carbocycles. The molecule has 0 radical (unpaired) electrons. The molecular formula is C17H22O2. The summed E-state index contributed by atoms with van der Waals surface area (Å²) in [5.74, 6) is 0.889. The van der Waals surface area contributed by atoms with E-state index in [4.69, 9.17) is 4.74 Å². The van der Waals surface area contributed by atoms with Gasteiger partial charge in [-0.1, -0.05) is 12.1 Å². The van der Waals surface area contributed by atoms with Crippen LogP contribution in [0.1, 0.15) is 43.2 Å². The summed E-state index contributed by atoms with van der Waals surface area (Å²) in [5.41, 5.74) is 3.27. The minimum absolute atomic E-state index is 0.611. The highest BCUT2D eigenvalue weighted by Crippen LogP contribution is 2.38. The fourth-order valence-corrected chi connectivity index (χ4v) is 3.42. The van der Waals surface area contributed by atoms with Gasteiger partial charge in [-0.25, -0.2) is 0 Å². The van der Waals surface area contributed by atoms with Crippen LogP contribution in [0.2, 0.25) is 0 Å². The molecule has 1 unspecified atom stereocenters. The first-order valence-electron chi connectivity index (χ1n) is 7.29. The summed E-state index contributed by atoms with van der Waals surface area (Å²) >= 11 is 0. The predicted molar refractivity (Wildman–Crippen MR) is 76.5 cm³/mol. The first kappa shape index (κ1) is 12.7. The minimum Gasteiger partial charge on any atom is -0.497 e. The smallest absolute Gasteiger partial charge is 0.119 e. The van der Waals surface area contributed by atoms with E-state index < -0.39 is 5.60 Å². The van der Waals surface area contributed by atoms with E-state index >= 15 is 0 Å². The molecule has 0 aromatic heterocycles. The average Bonchev–Trinajstić information content (AvgIpc) is 2.47. The van der Waals surface area contributed by atoms with Crippen molar-refractivity contribution in [3.8, 4) is 5.75 Å². The first-order chi connectivity index (χ1) is 9.21. The van der Waals surface area contributed by atoms with Crippen molar-refractivity contribution in [2.75, 3.05) is 7.11 Å². The third kappa shape index (κ3) is 2.42. The molecule has 1 atom stereocenters. The van der Waals surface area contributed by atoms with Crippen LogP contribution < -0.4 is 4.74 Å². The SMILES string of the molecule is COc1ccc2c(c1)CC(O)(C1=CCCCC1)CC2. The molecule has 0 amide bonds. The minimum atomic E-state index is -0.611. The van der Waals surface area contributed by atoms with Gasteiger partial charge in [-0.3, -0.25) is 0 Å². The molecule has 3 rings (SSSR count). The summed E-state index contributed by atoms with van der Waals surface area (Å²) in [6.45, 7) is 0. The number of rotatable bonds is 2. The van der Waals surface area contributed by atoms with E-state index in [2.05, 4.69) is 18.2 Å². The van der Waals surface area contributed by atoms with Crippen molar-refractivity contribution in [2.45, 2.75) is 50.5 Å². The summed E-state index contributed by atoms with van der Waals surface area (Å²) in [4.78, 5) is 0. The van der Waals surface area contributed by atoms with Crippen molar-refractivity contribution in [3.05, 3.63) is 41.0 Å². The Morgan fingerprint density at radius 3 is 2.79 bits per heavy atom. The van der Waals surface area contributed by atoms with Crippen LogP contribution in [0, 0.1) is 0 Å². The van der Waals surface area contributed by atoms with Gasteiger partial charge in [0.25, 0.3) is 0 Å². The number of hydrogen-bond donors (Lipinski definition) is 1. The molecule has 0 aliphatic heterocycles. The molecule has 2 nitrogen and oxygen atoms in total. The lowest BCUT2D eigenvalue weighted by molar-refractivity contribution is 0.0584. The zero-order valence-corrected chi connectivity index (χ0v) is 11.6. The standard InChI is InChI=1S/C17H22O2/c1-19-16-8-7-13-9-10-17(18,12-14(13)11-16)15-5-3-2-4-6-15/h5,7-8,11,18H,2-4,6,9-10,12H2,1H3. The average molecular weight is 258 g/mol. The van der Waals surface area contributed by atoms with E-state index in [9.17, 15) is 5.11 Å². The quantitative estimate of drug-likeness (QED) is 0.824. The van der Waals surface area contributed by atoms with Crippen molar-refractivity contribution >= 4 is 0 Å². The maximum Gasteiger partial charge on any atom is 0.119 e. The van der Waals surface area contributed by atoms with E-state index in [0.717, 1.165) is 37.9 Å². The van der Waals surface area contributed by atoms with Crippen molar-refractivity contribution in [3.63, 3.8) is 0 Å². The number of benzene rings is 1. The maximum absolute atomic E-state index is 11.0. The topological polar surface area (TPSA) is 29.5 Å². The Kier molecular flexibility index (Phi) is 3.36. The Morgan fingerprint density at radius 1 is 1.16 bits per heavy atom. The Bertz CT molecular complexity index is 504. The highest BCUT2D eigenvalue weighted by Gasteiger charge is 2.35. The molecule has 0 fully saturated rings. The fourth-order valence-electron chi connectivity index (χ4n) is 3.42. The van der Waals surface area contributed by atoms with Crippen LogP contribution in [0.25, 0.3) is 0 Å². The molecule has 1 aromatic rings. The maximum atomic E-state index is 11.0. The lowest BCUT2D eigenvalue weighted by Crippen LogP contribution is -2.38. The van der Waals surface area contributed by atoms with E-state index in [0.29, 0.717) is 0 Å². The second-order valence-corrected chi connectivity index (χ2v) is 5.82. The van der Waals surface area contributed by atoms with Gasteiger partial charge in [-0.15, -0.1) is 0 Å². The zero-order chi connectivity index (χ0) is 13.3. The van der Waals surface area contributed by atoms with Crippen LogP contribution >= 0.6 is 0 Å². The van der Waals surface area contributed by atoms with E-state index in [1.54, 1.807) is 7.11 Å². The molecule has 2 aliphatic rings. The third-order valence-corrected chi connectivity index (χ3v) is 4.59. The van der Waals surface area contributed by atoms with Crippen molar-refractivity contribution in [1.29, 1.82) is 0 Å². The van der Waals surface area contributed by atoms with E-state index in [1.807, 2.05) is 6.07 Å². The summed E-state index contributed by atoms with van der Waals surface area (Å²) in [5, 5.41) is 11.0. The molecule has 2 aliphatic carbocycles. The van der Waals surface area contributed by atoms with Gasteiger partial charge >= 0.3 is 0 Å². The molecule has 0 saturated carbocycles. The summed E-state index contributed by atoms with van der Waals surface area (Å²) in [6, 6.07) is 6.24. The van der Waals surface area contributed by atoms with Crippen LogP contribution in [0.5, 0.6) is 5.75 Å². The number of fused-ring (bicyclic) bond motifs is 1. The number of methoxy groups -OCH3 is 1. The van der Waals surface area contributed by atoms with Gasteiger partial charge < -0.3 is 9.84 Å². The monoisotopic (exact) mass is 258 g/mol. The third-order valence-electron chi connectivity index (χ3n) is 4.59. The van der Waals surface area contributed by atoms with Crippen molar-refractivity contribution in [1.82, 2.24) is 0 Å². The van der Waals surface area contributed by atoms with Gasteiger partial charge in [0, 0.05) is 6.42 Å². The number of allylic oxidation sites excluding steroid dienone is 1. The number of hydrogen-bond acceptors (Lipinski definition) is 2. The summed E-state index contributed by atoms with van der Waals surface area (Å²) < 4.78 is 5.30. The lowest BCUT2D eigenvalue weighted by Gasteiger charge is -2.37. The lowest BCUT2D eigenvalue weighted by atomic mass is 9.73. The number of aryl methyl sites for hydroxylation is 1. The van der Waals surface area contributed by atoms with Gasteiger partial charge in [0.2, 0.25) is 0 Å². The van der Waals surface area contributed by atoms with Crippen LogP contribution in [0.15, 0.2) is 29.8 Å². The molecule has 0 heterocycles. The Labute approximate surface area is 115 Å². The van der Waals surface area contributed by atoms with Crippen molar-refractivity contribution < 1.29 is 9.84 Å². The van der Waals surface area contributed by atoms with Gasteiger partial charge in [0.15, 0.2) is 0 Å². The number of ether oxygens (including phenoxy) is 1. The predicted octanol–water partition coefficient (Wildman–Crippen LogP) is 3.42. The van der Waals surface area contributed by atoms with E-state index in [1.165, 1.54) is 29.5 Å². The van der Waals surface area contributed by atoms with Crippen LogP contribution in [-0.4, -0.2) is 17.8 Å². The summed E-state index contributed by atoms with van der Waals surface area (Å²) in [7, 11) is 1.69. The Morgan fingerprint density at radius 2 is 2.05 bits per heavy atom. The molecule has 102 valence electrons. The second kappa shape index (κ2) is 5.01. The van der Waals surface area contributed by atoms with Gasteiger partial charge in [0.1, 0.15) is 5.75 Å². The molecule has 1 N–H and O–H groups in total. The highest BCUT2D eigenvalue weighted by atomic mass is 16.5. The molecule has 0 spiro atoms. The van der Waals surface area contributed by atoms with Gasteiger partial charge in [-0.05, 0) is 67.4 Å². The fraction of sp³-hybridized carbons (Fsp3) is 0.529. The molecular weight excluding hydrogens is 236 g/mol. The molecule has 2 heteroatoms. The Hall–Kier alpha value is -1.28. The van der Waals surface area contributed by atoms with Crippen LogP contribution in [0.4, 0.5) is 0 Å². The van der Waals surface area contributed by atoms with Gasteiger partial charge in [-0.2, -0.15) is 0 Å². The second-order valence-electron chi connectivity index (χ2n) is 5.82. The molecule has 19 heavy (non-hydrogen) atoms. The first-order valence-corrected chi connectivity index (χ1v) is 7.29. The normalized spacial score (nSPS) is 26.5. The summed E-state index contributed by atoms with van der Waals surface area (Å²) in [6.07, 6.45) is 9.52. The van der Waals surface area contributed by atoms with Crippen molar-refractivity contribution in [2.24, 2.45) is 0 Å². The largest absolute Gasteiger partial charge is 0.497 e. The van der Waals surface area contributed by atoms with Gasteiger partial charge in [0.05, 0.1) is 12.7 Å². The van der Waals surface area contributed by atoms with Crippen LogP contribution in [0.3, 0.4) is 0 Å². The Balaban J connectivity index is 1.89. The highest BCUT2D eigenvalue weighted by molar-refractivity contribution is 5.41. The molecule has 0 bridgehead atoms. The molecule has 0 saturated heterocycles. The van der Waals surface area contributed by atoms with E-state index in [-0.39, 0.29) is 0 Å². The van der Waals surface area contributed by atoms with Crippen LogP contribution in [-0.2, 0) is 12.8 Å². The zero-order valence-electron chi connectivity index (χ0n) is 11.6.